The first-order valence-corrected chi connectivity index (χ1v) is 10.2. The Morgan fingerprint density at radius 2 is 1.69 bits per heavy atom. The van der Waals surface area contributed by atoms with E-state index in [0.717, 1.165) is 19.3 Å². The third-order valence-corrected chi connectivity index (χ3v) is 5.04. The van der Waals surface area contributed by atoms with E-state index in [0.29, 0.717) is 19.1 Å². The molecular weight excluding hydrogens is 374 g/mol. The fraction of sp³-hybridized carbons (Fsp3) is 0.417. The van der Waals surface area contributed by atoms with Crippen LogP contribution in [0.15, 0.2) is 42.5 Å². The lowest BCUT2D eigenvalue weighted by Gasteiger charge is -2.29. The minimum atomic E-state index is -1.02. The molecule has 0 aromatic heterocycles. The summed E-state index contributed by atoms with van der Waals surface area (Å²) in [5, 5.41) is 0. The van der Waals surface area contributed by atoms with Crippen molar-refractivity contribution in [1.82, 2.24) is 0 Å². The van der Waals surface area contributed by atoms with Gasteiger partial charge < -0.3 is 14.2 Å². The highest BCUT2D eigenvalue weighted by Gasteiger charge is 2.24. The molecule has 3 nitrogen and oxygen atoms in total. The molecule has 2 aromatic carbocycles. The maximum atomic E-state index is 14.2. The Morgan fingerprint density at radius 1 is 1.00 bits per heavy atom. The fourth-order valence-electron chi connectivity index (χ4n) is 3.40. The van der Waals surface area contributed by atoms with Gasteiger partial charge in [0.2, 0.25) is 11.6 Å². The van der Waals surface area contributed by atoms with Gasteiger partial charge in [-0.25, -0.2) is 0 Å². The first kappa shape index (κ1) is 21.3. The molecule has 29 heavy (non-hydrogen) atoms. The predicted octanol–water partition coefficient (Wildman–Crippen LogP) is 6.13. The first-order chi connectivity index (χ1) is 14.1. The van der Waals surface area contributed by atoms with Crippen LogP contribution in [0.1, 0.15) is 50.2 Å². The van der Waals surface area contributed by atoms with Gasteiger partial charge in [0.25, 0.3) is 0 Å². The number of hydrogen-bond donors (Lipinski definition) is 0. The number of allylic oxidation sites excluding steroid dienone is 1. The molecule has 5 heteroatoms. The molecule has 0 amide bonds. The van der Waals surface area contributed by atoms with Gasteiger partial charge in [-0.3, -0.25) is 0 Å². The van der Waals surface area contributed by atoms with Crippen LogP contribution >= 0.6 is 0 Å². The number of halogens is 2. The van der Waals surface area contributed by atoms with Crippen LogP contribution in [0, 0.1) is 11.6 Å². The van der Waals surface area contributed by atoms with Gasteiger partial charge in [-0.15, -0.1) is 0 Å². The molecule has 0 bridgehead atoms. The molecule has 1 heterocycles. The van der Waals surface area contributed by atoms with Gasteiger partial charge in [-0.1, -0.05) is 43.3 Å². The summed E-state index contributed by atoms with van der Waals surface area (Å²) in [5.41, 5.74) is 2.44. The quantitative estimate of drug-likeness (QED) is 0.532. The Kier molecular flexibility index (Phi) is 7.64. The Bertz CT molecular complexity index is 810. The van der Waals surface area contributed by atoms with Gasteiger partial charge in [-0.05, 0) is 49.4 Å². The molecule has 3 rings (SSSR count). The SMILES string of the molecule is C/C=C/c1ccc(C2CCC(COc3ccc(OCCC)c(F)c3F)OC2)cc1. The Morgan fingerprint density at radius 3 is 2.28 bits per heavy atom. The molecule has 0 saturated carbocycles. The lowest BCUT2D eigenvalue weighted by Crippen LogP contribution is -2.29. The summed E-state index contributed by atoms with van der Waals surface area (Å²) in [6.07, 6.45) is 6.45. The lowest BCUT2D eigenvalue weighted by atomic mass is 9.91. The number of hydrogen-bond acceptors (Lipinski definition) is 3. The zero-order valence-corrected chi connectivity index (χ0v) is 17.0. The van der Waals surface area contributed by atoms with Gasteiger partial charge in [-0.2, -0.15) is 8.78 Å². The largest absolute Gasteiger partial charge is 0.490 e. The maximum absolute atomic E-state index is 14.2. The molecule has 2 unspecified atom stereocenters. The van der Waals surface area contributed by atoms with Crippen molar-refractivity contribution < 1.29 is 23.0 Å². The third-order valence-electron chi connectivity index (χ3n) is 5.04. The van der Waals surface area contributed by atoms with E-state index < -0.39 is 11.6 Å². The molecule has 0 N–H and O–H groups in total. The van der Waals surface area contributed by atoms with Crippen LogP contribution in [0.25, 0.3) is 6.08 Å². The van der Waals surface area contributed by atoms with E-state index in [4.69, 9.17) is 14.2 Å². The molecule has 0 aliphatic carbocycles. The topological polar surface area (TPSA) is 27.7 Å². The van der Waals surface area contributed by atoms with E-state index in [1.54, 1.807) is 0 Å². The molecule has 1 aliphatic rings. The van der Waals surface area contributed by atoms with Crippen molar-refractivity contribution in [2.24, 2.45) is 0 Å². The van der Waals surface area contributed by atoms with Gasteiger partial charge in [0.15, 0.2) is 11.5 Å². The molecule has 156 valence electrons. The summed E-state index contributed by atoms with van der Waals surface area (Å²) in [4.78, 5) is 0. The van der Waals surface area contributed by atoms with Crippen molar-refractivity contribution in [1.29, 1.82) is 0 Å². The van der Waals surface area contributed by atoms with Crippen molar-refractivity contribution in [3.05, 3.63) is 65.2 Å². The zero-order chi connectivity index (χ0) is 20.6. The summed E-state index contributed by atoms with van der Waals surface area (Å²) in [6.45, 7) is 5.03. The Balaban J connectivity index is 1.50. The molecular formula is C24H28F2O3. The van der Waals surface area contributed by atoms with E-state index in [1.165, 1.54) is 23.3 Å². The summed E-state index contributed by atoms with van der Waals surface area (Å²) >= 11 is 0. The van der Waals surface area contributed by atoms with E-state index >= 15 is 0 Å². The van der Waals surface area contributed by atoms with Crippen molar-refractivity contribution >= 4 is 6.08 Å². The van der Waals surface area contributed by atoms with E-state index in [1.807, 2.05) is 19.9 Å². The molecule has 2 aromatic rings. The van der Waals surface area contributed by atoms with Gasteiger partial charge >= 0.3 is 0 Å². The van der Waals surface area contributed by atoms with E-state index in [9.17, 15) is 8.78 Å². The second kappa shape index (κ2) is 10.4. The first-order valence-electron chi connectivity index (χ1n) is 10.2. The smallest absolute Gasteiger partial charge is 0.204 e. The second-order valence-electron chi connectivity index (χ2n) is 7.25. The van der Waals surface area contributed by atoms with Crippen LogP contribution in [0.3, 0.4) is 0 Å². The second-order valence-corrected chi connectivity index (χ2v) is 7.25. The number of rotatable bonds is 8. The Hall–Kier alpha value is -2.40. The summed E-state index contributed by atoms with van der Waals surface area (Å²) in [5.74, 6) is -1.89. The summed E-state index contributed by atoms with van der Waals surface area (Å²) in [7, 11) is 0. The van der Waals surface area contributed by atoms with Crippen LogP contribution in [-0.2, 0) is 4.74 Å². The van der Waals surface area contributed by atoms with Crippen LogP contribution < -0.4 is 9.47 Å². The summed E-state index contributed by atoms with van der Waals surface area (Å²) < 4.78 is 44.8. The highest BCUT2D eigenvalue weighted by molar-refractivity contribution is 5.49. The van der Waals surface area contributed by atoms with Crippen molar-refractivity contribution in [2.45, 2.75) is 45.1 Å². The monoisotopic (exact) mass is 402 g/mol. The number of ether oxygens (including phenoxy) is 3. The fourth-order valence-corrected chi connectivity index (χ4v) is 3.40. The number of benzene rings is 2. The van der Waals surface area contributed by atoms with Crippen molar-refractivity contribution in [3.63, 3.8) is 0 Å². The maximum Gasteiger partial charge on any atom is 0.204 e. The van der Waals surface area contributed by atoms with Crippen LogP contribution in [-0.4, -0.2) is 25.9 Å². The molecule has 1 fully saturated rings. The normalized spacial score (nSPS) is 19.4. The van der Waals surface area contributed by atoms with Crippen LogP contribution in [0.5, 0.6) is 11.5 Å². The summed E-state index contributed by atoms with van der Waals surface area (Å²) in [6, 6.07) is 11.3. The molecule has 1 saturated heterocycles. The zero-order valence-electron chi connectivity index (χ0n) is 17.0. The average molecular weight is 402 g/mol. The standard InChI is InChI=1S/C24H28F2O3/c1-3-5-17-6-8-18(9-7-17)19-10-11-20(28-15-19)16-29-22-13-12-21(27-14-4-2)23(25)24(22)26/h3,5-9,12-13,19-20H,4,10-11,14-16H2,1-2H3/b5-3+. The molecule has 2 atom stereocenters. The third kappa shape index (κ3) is 5.57. The van der Waals surface area contributed by atoms with Crippen LogP contribution in [0.4, 0.5) is 8.78 Å². The highest BCUT2D eigenvalue weighted by Crippen LogP contribution is 2.31. The van der Waals surface area contributed by atoms with E-state index in [-0.39, 0.29) is 24.2 Å². The van der Waals surface area contributed by atoms with Crippen LogP contribution in [0.2, 0.25) is 0 Å². The van der Waals surface area contributed by atoms with Gasteiger partial charge in [0.1, 0.15) is 6.61 Å². The molecule has 1 aliphatic heterocycles. The van der Waals surface area contributed by atoms with E-state index in [2.05, 4.69) is 30.3 Å². The Labute approximate surface area is 171 Å². The van der Waals surface area contributed by atoms with Crippen molar-refractivity contribution in [3.8, 4) is 11.5 Å². The average Bonchev–Trinajstić information content (AvgIpc) is 2.75. The predicted molar refractivity (Wildman–Crippen MR) is 111 cm³/mol. The minimum absolute atomic E-state index is 0.0890. The lowest BCUT2D eigenvalue weighted by molar-refractivity contribution is -0.0219. The minimum Gasteiger partial charge on any atom is -0.490 e. The highest BCUT2D eigenvalue weighted by atomic mass is 19.2. The van der Waals surface area contributed by atoms with Crippen molar-refractivity contribution in [2.75, 3.05) is 19.8 Å². The molecule has 0 radical (unpaired) electrons. The van der Waals surface area contributed by atoms with Gasteiger partial charge in [0.05, 0.1) is 19.3 Å². The molecule has 0 spiro atoms. The van der Waals surface area contributed by atoms with Gasteiger partial charge in [0, 0.05) is 5.92 Å².